The van der Waals surface area contributed by atoms with Crippen LogP contribution in [0.2, 0.25) is 0 Å². The number of alkyl halides is 2. The molecule has 0 amide bonds. The first kappa shape index (κ1) is 8.66. The van der Waals surface area contributed by atoms with E-state index in [1.165, 1.54) is 0 Å². The van der Waals surface area contributed by atoms with E-state index in [9.17, 15) is 0 Å². The van der Waals surface area contributed by atoms with E-state index in [2.05, 4.69) is 26.3 Å². The SMILES string of the molecule is ClC1CC(Cl)n2ncc(Br)c2N1. The lowest BCUT2D eigenvalue weighted by atomic mass is 10.3. The Morgan fingerprint density at radius 3 is 3.17 bits per heavy atom. The molecule has 1 aromatic heterocycles. The number of fused-ring (bicyclic) bond motifs is 1. The van der Waals surface area contributed by atoms with Gasteiger partial charge in [-0.15, -0.1) is 0 Å². The highest BCUT2D eigenvalue weighted by Crippen LogP contribution is 2.35. The normalized spacial score (nSPS) is 27.9. The fourth-order valence-corrected chi connectivity index (χ4v) is 2.24. The van der Waals surface area contributed by atoms with Crippen LogP contribution in [0.5, 0.6) is 0 Å². The predicted molar refractivity (Wildman–Crippen MR) is 52.7 cm³/mol. The second kappa shape index (κ2) is 3.09. The molecule has 0 fully saturated rings. The zero-order chi connectivity index (χ0) is 8.72. The van der Waals surface area contributed by atoms with Gasteiger partial charge in [-0.2, -0.15) is 5.10 Å². The molecule has 2 heterocycles. The highest BCUT2D eigenvalue weighted by Gasteiger charge is 2.25. The molecule has 2 rings (SSSR count). The minimum Gasteiger partial charge on any atom is -0.353 e. The van der Waals surface area contributed by atoms with Gasteiger partial charge in [0.25, 0.3) is 0 Å². The first-order valence-electron chi connectivity index (χ1n) is 3.46. The number of nitrogens with zero attached hydrogens (tertiary/aromatic N) is 2. The Balaban J connectivity index is 2.43. The molecule has 0 spiro atoms. The molecule has 0 aliphatic carbocycles. The van der Waals surface area contributed by atoms with E-state index in [0.29, 0.717) is 6.42 Å². The zero-order valence-corrected chi connectivity index (χ0v) is 9.07. The van der Waals surface area contributed by atoms with E-state index in [-0.39, 0.29) is 11.0 Å². The van der Waals surface area contributed by atoms with Gasteiger partial charge >= 0.3 is 0 Å². The van der Waals surface area contributed by atoms with Crippen molar-refractivity contribution in [2.45, 2.75) is 17.4 Å². The van der Waals surface area contributed by atoms with E-state index in [0.717, 1.165) is 10.3 Å². The monoisotopic (exact) mass is 269 g/mol. The maximum atomic E-state index is 6.01. The molecule has 2 unspecified atom stereocenters. The minimum atomic E-state index is -0.157. The molecule has 3 nitrogen and oxygen atoms in total. The maximum absolute atomic E-state index is 6.01. The summed E-state index contributed by atoms with van der Waals surface area (Å²) in [5, 5.41) is 7.16. The van der Waals surface area contributed by atoms with Crippen molar-refractivity contribution in [1.82, 2.24) is 9.78 Å². The number of anilines is 1. The van der Waals surface area contributed by atoms with E-state index in [4.69, 9.17) is 23.2 Å². The third kappa shape index (κ3) is 1.32. The standard InChI is InChI=1S/C6H6BrCl2N3/c7-3-2-10-12-5(9)1-4(8)11-6(3)12/h2,4-5,11H,1H2. The second-order valence-corrected chi connectivity index (χ2v) is 4.45. The first-order valence-corrected chi connectivity index (χ1v) is 5.13. The van der Waals surface area contributed by atoms with Crippen LogP contribution in [0.3, 0.4) is 0 Å². The fraction of sp³-hybridized carbons (Fsp3) is 0.500. The summed E-state index contributed by atoms with van der Waals surface area (Å²) in [6.07, 6.45) is 2.37. The van der Waals surface area contributed by atoms with Gasteiger partial charge in [0.15, 0.2) is 0 Å². The van der Waals surface area contributed by atoms with Crippen molar-refractivity contribution in [3.05, 3.63) is 10.7 Å². The predicted octanol–water partition coefficient (Wildman–Crippen LogP) is 2.76. The fourth-order valence-electron chi connectivity index (χ4n) is 1.17. The van der Waals surface area contributed by atoms with Crippen LogP contribution < -0.4 is 5.32 Å². The summed E-state index contributed by atoms with van der Waals surface area (Å²) < 4.78 is 2.60. The Labute approximate surface area is 88.2 Å². The van der Waals surface area contributed by atoms with Crippen LogP contribution in [0.15, 0.2) is 10.7 Å². The highest BCUT2D eigenvalue weighted by molar-refractivity contribution is 9.10. The third-order valence-corrected chi connectivity index (χ3v) is 2.94. The molecule has 0 saturated carbocycles. The van der Waals surface area contributed by atoms with Gasteiger partial charge in [0.05, 0.1) is 10.7 Å². The van der Waals surface area contributed by atoms with Gasteiger partial charge in [0.1, 0.15) is 16.8 Å². The molecular weight excluding hydrogens is 265 g/mol. The number of halogens is 3. The Morgan fingerprint density at radius 1 is 1.67 bits per heavy atom. The number of hydrogen-bond acceptors (Lipinski definition) is 2. The average molecular weight is 271 g/mol. The Bertz CT molecular complexity index is 301. The summed E-state index contributed by atoms with van der Waals surface area (Å²) >= 11 is 15.3. The summed E-state index contributed by atoms with van der Waals surface area (Å²) in [6.45, 7) is 0. The molecule has 12 heavy (non-hydrogen) atoms. The average Bonchev–Trinajstić information content (AvgIpc) is 2.33. The topological polar surface area (TPSA) is 29.9 Å². The summed E-state index contributed by atoms with van der Waals surface area (Å²) in [4.78, 5) is 0. The molecule has 1 aliphatic heterocycles. The van der Waals surface area contributed by atoms with Gasteiger partial charge in [-0.05, 0) is 15.9 Å². The van der Waals surface area contributed by atoms with Gasteiger partial charge in [-0.1, -0.05) is 23.2 Å². The Kier molecular flexibility index (Phi) is 2.23. The molecule has 0 radical (unpaired) electrons. The van der Waals surface area contributed by atoms with E-state index in [1.807, 2.05) is 0 Å². The van der Waals surface area contributed by atoms with Crippen LogP contribution in [-0.4, -0.2) is 15.3 Å². The summed E-state index contributed by atoms with van der Waals surface area (Å²) in [5.74, 6) is 0.848. The largest absolute Gasteiger partial charge is 0.353 e. The number of rotatable bonds is 0. The smallest absolute Gasteiger partial charge is 0.141 e. The molecule has 0 bridgehead atoms. The molecule has 1 N–H and O–H groups in total. The van der Waals surface area contributed by atoms with Gasteiger partial charge in [-0.3, -0.25) is 0 Å². The lowest BCUT2D eigenvalue weighted by molar-refractivity contribution is 0.526. The van der Waals surface area contributed by atoms with Crippen LogP contribution in [0.4, 0.5) is 5.82 Å². The molecule has 1 aliphatic rings. The van der Waals surface area contributed by atoms with Gasteiger partial charge in [0, 0.05) is 6.42 Å². The molecule has 0 aromatic carbocycles. The van der Waals surface area contributed by atoms with Gasteiger partial charge < -0.3 is 5.32 Å². The van der Waals surface area contributed by atoms with Crippen LogP contribution in [-0.2, 0) is 0 Å². The summed E-state index contributed by atoms with van der Waals surface area (Å²) in [6, 6.07) is 0. The summed E-state index contributed by atoms with van der Waals surface area (Å²) in [7, 11) is 0. The maximum Gasteiger partial charge on any atom is 0.141 e. The van der Waals surface area contributed by atoms with E-state index in [1.54, 1.807) is 10.9 Å². The first-order chi connectivity index (χ1) is 5.68. The van der Waals surface area contributed by atoms with Crippen LogP contribution in [0.1, 0.15) is 11.9 Å². The van der Waals surface area contributed by atoms with E-state index < -0.39 is 0 Å². The number of nitrogens with one attached hydrogen (secondary N) is 1. The van der Waals surface area contributed by atoms with Gasteiger partial charge in [-0.25, -0.2) is 4.68 Å². The molecule has 1 aromatic rings. The van der Waals surface area contributed by atoms with Crippen LogP contribution >= 0.6 is 39.1 Å². The molecule has 0 saturated heterocycles. The summed E-state index contributed by atoms with van der Waals surface area (Å²) in [5.41, 5.74) is -0.275. The molecule has 6 heteroatoms. The lowest BCUT2D eigenvalue weighted by Gasteiger charge is -2.25. The number of hydrogen-bond donors (Lipinski definition) is 1. The van der Waals surface area contributed by atoms with Crippen molar-refractivity contribution in [3.8, 4) is 0 Å². The highest BCUT2D eigenvalue weighted by atomic mass is 79.9. The quantitative estimate of drug-likeness (QED) is 0.580. The Hall–Kier alpha value is 0.0700. The van der Waals surface area contributed by atoms with Crippen molar-refractivity contribution in [2.24, 2.45) is 0 Å². The van der Waals surface area contributed by atoms with Crippen LogP contribution in [0.25, 0.3) is 0 Å². The van der Waals surface area contributed by atoms with Crippen LogP contribution in [0, 0.1) is 0 Å². The van der Waals surface area contributed by atoms with Crippen molar-refractivity contribution in [1.29, 1.82) is 0 Å². The molecule has 66 valence electrons. The third-order valence-electron chi connectivity index (χ3n) is 1.71. The van der Waals surface area contributed by atoms with Crippen molar-refractivity contribution in [2.75, 3.05) is 5.32 Å². The lowest BCUT2D eigenvalue weighted by Crippen LogP contribution is -2.26. The Morgan fingerprint density at radius 2 is 2.42 bits per heavy atom. The van der Waals surface area contributed by atoms with E-state index >= 15 is 0 Å². The van der Waals surface area contributed by atoms with Crippen molar-refractivity contribution in [3.63, 3.8) is 0 Å². The minimum absolute atomic E-state index is 0.118. The second-order valence-electron chi connectivity index (χ2n) is 2.57. The van der Waals surface area contributed by atoms with Crippen molar-refractivity contribution < 1.29 is 0 Å². The van der Waals surface area contributed by atoms with Gasteiger partial charge in [0.2, 0.25) is 0 Å². The molecule has 2 atom stereocenters. The number of aromatic nitrogens is 2. The van der Waals surface area contributed by atoms with Crippen molar-refractivity contribution >= 4 is 44.9 Å². The molecular formula is C6H6BrCl2N3. The zero-order valence-electron chi connectivity index (χ0n) is 5.97.